The Labute approximate surface area is 191 Å². The van der Waals surface area contributed by atoms with Crippen LogP contribution in [0.1, 0.15) is 16.7 Å². The van der Waals surface area contributed by atoms with E-state index in [4.69, 9.17) is 0 Å². The summed E-state index contributed by atoms with van der Waals surface area (Å²) in [6, 6.07) is 18.8. The van der Waals surface area contributed by atoms with Gasteiger partial charge in [0.25, 0.3) is 21.6 Å². The molecule has 170 valence electrons. The first kappa shape index (κ1) is 23.6. The lowest BCUT2D eigenvalue weighted by atomic mass is 10.2. The smallest absolute Gasteiger partial charge is 0.269 e. The SMILES string of the molecule is Cc1ccc(S(=O)(=O)N(CC(=O)N/N=C\c2ccc([N+](=O)[O-])cc2)c2cccc(C)c2)cc1. The molecule has 0 heterocycles. The molecule has 10 heteroatoms. The van der Waals surface area contributed by atoms with Gasteiger partial charge in [-0.2, -0.15) is 5.10 Å². The number of nitrogens with one attached hydrogen (secondary N) is 1. The number of rotatable bonds is 8. The number of benzene rings is 3. The standard InChI is InChI=1S/C23H22N4O5S/c1-17-6-12-22(13-7-17)33(31,32)26(21-5-3-4-18(2)14-21)16-23(28)25-24-15-19-8-10-20(11-9-19)27(29)30/h3-15H,16H2,1-2H3,(H,25,28)/b24-15-. The van der Waals surface area contributed by atoms with Crippen LogP contribution in [0.25, 0.3) is 0 Å². The molecule has 0 aliphatic heterocycles. The van der Waals surface area contributed by atoms with Crippen LogP contribution in [0.15, 0.2) is 82.8 Å². The molecule has 0 atom stereocenters. The second kappa shape index (κ2) is 10.0. The Morgan fingerprint density at radius 2 is 1.70 bits per heavy atom. The first-order chi connectivity index (χ1) is 15.7. The van der Waals surface area contributed by atoms with Crippen molar-refractivity contribution in [1.29, 1.82) is 0 Å². The van der Waals surface area contributed by atoms with Crippen LogP contribution < -0.4 is 9.73 Å². The molecule has 9 nitrogen and oxygen atoms in total. The second-order valence-corrected chi connectivity index (χ2v) is 9.17. The third-order valence-corrected chi connectivity index (χ3v) is 6.48. The van der Waals surface area contributed by atoms with E-state index < -0.39 is 27.4 Å². The number of sulfonamides is 1. The largest absolute Gasteiger partial charge is 0.271 e. The molecule has 0 aromatic heterocycles. The summed E-state index contributed by atoms with van der Waals surface area (Å²) in [6.07, 6.45) is 1.31. The first-order valence-electron chi connectivity index (χ1n) is 9.89. The summed E-state index contributed by atoms with van der Waals surface area (Å²) in [5.74, 6) is -0.648. The van der Waals surface area contributed by atoms with Crippen LogP contribution >= 0.6 is 0 Å². The van der Waals surface area contributed by atoms with Crippen LogP contribution in [0, 0.1) is 24.0 Å². The zero-order valence-corrected chi connectivity index (χ0v) is 18.8. The number of aryl methyl sites for hydroxylation is 2. The van der Waals surface area contributed by atoms with E-state index in [2.05, 4.69) is 10.5 Å². The summed E-state index contributed by atoms with van der Waals surface area (Å²) in [5, 5.41) is 14.5. The Balaban J connectivity index is 1.80. The van der Waals surface area contributed by atoms with Crippen LogP contribution in [0.2, 0.25) is 0 Å². The van der Waals surface area contributed by atoms with Crippen LogP contribution in [-0.4, -0.2) is 32.0 Å². The quantitative estimate of drug-likeness (QED) is 0.309. The Morgan fingerprint density at radius 1 is 1.03 bits per heavy atom. The summed E-state index contributed by atoms with van der Waals surface area (Å²) < 4.78 is 27.7. The highest BCUT2D eigenvalue weighted by Crippen LogP contribution is 2.24. The van der Waals surface area contributed by atoms with Gasteiger partial charge in [0, 0.05) is 12.1 Å². The van der Waals surface area contributed by atoms with Gasteiger partial charge in [-0.1, -0.05) is 29.8 Å². The lowest BCUT2D eigenvalue weighted by molar-refractivity contribution is -0.384. The minimum atomic E-state index is -4.02. The van der Waals surface area contributed by atoms with Gasteiger partial charge in [0.2, 0.25) is 0 Å². The summed E-state index contributed by atoms with van der Waals surface area (Å²) in [5.41, 5.74) is 4.88. The van der Waals surface area contributed by atoms with Crippen LogP contribution in [0.4, 0.5) is 11.4 Å². The summed E-state index contributed by atoms with van der Waals surface area (Å²) in [7, 11) is -4.02. The lowest BCUT2D eigenvalue weighted by Crippen LogP contribution is -2.39. The molecule has 0 aliphatic rings. The molecule has 3 rings (SSSR count). The first-order valence-corrected chi connectivity index (χ1v) is 11.3. The summed E-state index contributed by atoms with van der Waals surface area (Å²) in [6.45, 7) is 3.19. The molecule has 0 saturated carbocycles. The Kier molecular flexibility index (Phi) is 7.19. The number of amides is 1. The van der Waals surface area contributed by atoms with Crippen molar-refractivity contribution in [3.05, 3.63) is 99.6 Å². The van der Waals surface area contributed by atoms with Gasteiger partial charge in [-0.15, -0.1) is 0 Å². The van der Waals surface area contributed by atoms with Crippen LogP contribution in [0.5, 0.6) is 0 Å². The fourth-order valence-corrected chi connectivity index (χ4v) is 4.38. The molecule has 0 spiro atoms. The highest BCUT2D eigenvalue weighted by atomic mass is 32.2. The van der Waals surface area contributed by atoms with Gasteiger partial charge in [0.05, 0.1) is 21.7 Å². The van der Waals surface area contributed by atoms with Crippen molar-refractivity contribution in [2.75, 3.05) is 10.8 Å². The molecule has 0 radical (unpaired) electrons. The second-order valence-electron chi connectivity index (χ2n) is 7.31. The van der Waals surface area contributed by atoms with Gasteiger partial charge in [-0.05, 0) is 61.4 Å². The molecule has 0 aliphatic carbocycles. The van der Waals surface area contributed by atoms with Crippen molar-refractivity contribution in [2.45, 2.75) is 18.7 Å². The maximum Gasteiger partial charge on any atom is 0.269 e. The molecular formula is C23H22N4O5S. The van der Waals surface area contributed by atoms with E-state index in [0.717, 1.165) is 15.4 Å². The van der Waals surface area contributed by atoms with E-state index >= 15 is 0 Å². The molecule has 0 unspecified atom stereocenters. The molecule has 1 amide bonds. The van der Waals surface area contributed by atoms with Gasteiger partial charge >= 0.3 is 0 Å². The van der Waals surface area contributed by atoms with Crippen LogP contribution in [0.3, 0.4) is 0 Å². The van der Waals surface area contributed by atoms with Crippen LogP contribution in [-0.2, 0) is 14.8 Å². The zero-order chi connectivity index (χ0) is 24.0. The topological polar surface area (TPSA) is 122 Å². The van der Waals surface area contributed by atoms with Crippen molar-refractivity contribution >= 4 is 33.5 Å². The van der Waals surface area contributed by atoms with E-state index in [1.165, 1.54) is 42.6 Å². The highest BCUT2D eigenvalue weighted by molar-refractivity contribution is 7.92. The number of nitro groups is 1. The Bertz CT molecular complexity index is 1290. The zero-order valence-electron chi connectivity index (χ0n) is 18.0. The van der Waals surface area contributed by atoms with E-state index in [1.807, 2.05) is 19.9 Å². The van der Waals surface area contributed by atoms with Gasteiger partial charge in [-0.3, -0.25) is 19.2 Å². The average molecular weight is 467 g/mol. The van der Waals surface area contributed by atoms with Gasteiger partial charge in [-0.25, -0.2) is 13.8 Å². The summed E-state index contributed by atoms with van der Waals surface area (Å²) >= 11 is 0. The fraction of sp³-hybridized carbons (Fsp3) is 0.130. The van der Waals surface area contributed by atoms with E-state index in [0.29, 0.717) is 11.3 Å². The predicted octanol–water partition coefficient (Wildman–Crippen LogP) is 3.56. The molecule has 33 heavy (non-hydrogen) atoms. The minimum absolute atomic E-state index is 0.0636. The molecule has 0 fully saturated rings. The number of hydrazone groups is 1. The molecule has 0 saturated heterocycles. The lowest BCUT2D eigenvalue weighted by Gasteiger charge is -2.24. The summed E-state index contributed by atoms with van der Waals surface area (Å²) in [4.78, 5) is 22.8. The predicted molar refractivity (Wildman–Crippen MR) is 126 cm³/mol. The monoisotopic (exact) mass is 466 g/mol. The number of non-ortho nitro benzene ring substituents is 1. The fourth-order valence-electron chi connectivity index (χ4n) is 2.96. The molecule has 1 N–H and O–H groups in total. The van der Waals surface area contributed by atoms with E-state index in [-0.39, 0.29) is 10.6 Å². The van der Waals surface area contributed by atoms with Crippen molar-refractivity contribution in [3.63, 3.8) is 0 Å². The minimum Gasteiger partial charge on any atom is -0.271 e. The third-order valence-electron chi connectivity index (χ3n) is 4.69. The molecule has 3 aromatic carbocycles. The number of carbonyl (C=O) groups is 1. The van der Waals surface area contributed by atoms with Crippen molar-refractivity contribution < 1.29 is 18.1 Å². The van der Waals surface area contributed by atoms with Crippen molar-refractivity contribution in [1.82, 2.24) is 5.43 Å². The maximum absolute atomic E-state index is 13.3. The number of nitro benzene ring substituents is 1. The average Bonchev–Trinajstić information content (AvgIpc) is 2.78. The Morgan fingerprint density at radius 3 is 2.30 bits per heavy atom. The number of nitrogens with zero attached hydrogens (tertiary/aromatic N) is 3. The number of anilines is 1. The molecular weight excluding hydrogens is 444 g/mol. The third kappa shape index (κ3) is 6.01. The number of hydrogen-bond acceptors (Lipinski definition) is 6. The highest BCUT2D eigenvalue weighted by Gasteiger charge is 2.27. The van der Waals surface area contributed by atoms with Crippen molar-refractivity contribution in [2.24, 2.45) is 5.10 Å². The number of hydrogen-bond donors (Lipinski definition) is 1. The van der Waals surface area contributed by atoms with E-state index in [9.17, 15) is 23.3 Å². The van der Waals surface area contributed by atoms with Gasteiger partial charge in [0.1, 0.15) is 6.54 Å². The number of carbonyl (C=O) groups excluding carboxylic acids is 1. The Hall–Kier alpha value is -4.05. The van der Waals surface area contributed by atoms with E-state index in [1.54, 1.807) is 30.3 Å². The van der Waals surface area contributed by atoms with Crippen molar-refractivity contribution in [3.8, 4) is 0 Å². The normalized spacial score (nSPS) is 11.3. The van der Waals surface area contributed by atoms with Gasteiger partial charge < -0.3 is 0 Å². The van der Waals surface area contributed by atoms with Gasteiger partial charge in [0.15, 0.2) is 0 Å². The molecule has 0 bridgehead atoms. The molecule has 3 aromatic rings. The maximum atomic E-state index is 13.3.